The van der Waals surface area contributed by atoms with Crippen LogP contribution < -0.4 is 0 Å². The highest BCUT2D eigenvalue weighted by atomic mass is 19.4. The van der Waals surface area contributed by atoms with Gasteiger partial charge in [0.2, 0.25) is 0 Å². The summed E-state index contributed by atoms with van der Waals surface area (Å²) in [4.78, 5) is 16.1. The van der Waals surface area contributed by atoms with E-state index < -0.39 is 18.2 Å². The molecule has 1 aromatic heterocycles. The van der Waals surface area contributed by atoms with Crippen LogP contribution in [0.25, 0.3) is 22.4 Å². The van der Waals surface area contributed by atoms with Crippen molar-refractivity contribution in [1.82, 2.24) is 4.98 Å². The number of carboxylic acids is 1. The predicted octanol–water partition coefficient (Wildman–Crippen LogP) is 11.2. The lowest BCUT2D eigenvalue weighted by Crippen LogP contribution is -2.28. The number of aromatic nitrogens is 1. The molecule has 0 amide bonds. The van der Waals surface area contributed by atoms with Gasteiger partial charge in [0.05, 0.1) is 5.69 Å². The Bertz CT molecular complexity index is 1260. The van der Waals surface area contributed by atoms with Gasteiger partial charge in [-0.2, -0.15) is 13.2 Å². The number of carbonyl (C=O) groups is 1. The van der Waals surface area contributed by atoms with Crippen LogP contribution in [0.15, 0.2) is 66.9 Å². The Balaban J connectivity index is 1.77. The van der Waals surface area contributed by atoms with Crippen LogP contribution in [0.5, 0.6) is 0 Å². The minimum absolute atomic E-state index is 0.00701. The molecule has 7 heteroatoms. The molecule has 2 unspecified atom stereocenters. The molecular weight excluding hydrogens is 575 g/mol. The average Bonchev–Trinajstić information content (AvgIpc) is 3.03. The number of hydrogen-bond donors (Lipinski definition) is 1. The second kappa shape index (κ2) is 19.4. The number of halogens is 3. The van der Waals surface area contributed by atoms with Crippen molar-refractivity contribution in [3.8, 4) is 22.4 Å². The van der Waals surface area contributed by atoms with Crippen LogP contribution in [0, 0.1) is 0 Å². The topological polar surface area (TPSA) is 59.4 Å². The number of benzene rings is 2. The number of rotatable bonds is 21. The first-order valence-corrected chi connectivity index (χ1v) is 16.7. The van der Waals surface area contributed by atoms with Crippen LogP contribution in [0.4, 0.5) is 13.2 Å². The van der Waals surface area contributed by atoms with Gasteiger partial charge in [-0.3, -0.25) is 9.78 Å². The minimum Gasteiger partial charge on any atom is -0.481 e. The maximum atomic E-state index is 12.9. The van der Waals surface area contributed by atoms with Gasteiger partial charge in [-0.1, -0.05) is 100 Å². The van der Waals surface area contributed by atoms with E-state index >= 15 is 0 Å². The molecule has 246 valence electrons. The van der Waals surface area contributed by atoms with Gasteiger partial charge in [-0.15, -0.1) is 0 Å². The smallest absolute Gasteiger partial charge is 0.414 e. The van der Waals surface area contributed by atoms with E-state index in [2.05, 4.69) is 49.4 Å². The normalized spacial score (nSPS) is 13.1. The number of nitrogens with zero attached hydrogens (tertiary/aromatic N) is 1. The Kier molecular flexibility index (Phi) is 15.6. The van der Waals surface area contributed by atoms with Crippen molar-refractivity contribution < 1.29 is 27.8 Å². The first kappa shape index (κ1) is 36.3. The zero-order valence-electron chi connectivity index (χ0n) is 27.0. The van der Waals surface area contributed by atoms with E-state index in [1.165, 1.54) is 50.5 Å². The van der Waals surface area contributed by atoms with E-state index in [1.54, 1.807) is 0 Å². The molecule has 0 bridgehead atoms. The molecule has 0 saturated heterocycles. The number of unbranched alkanes of at least 4 members (excludes halogenated alkanes) is 7. The monoisotopic (exact) mass is 625 g/mol. The number of ether oxygens (including phenoxy) is 1. The molecule has 0 fully saturated rings. The minimum atomic E-state index is -4.39. The third-order valence-electron chi connectivity index (χ3n) is 8.49. The summed E-state index contributed by atoms with van der Waals surface area (Å²) in [5.74, 6) is -0.869. The van der Waals surface area contributed by atoms with Gasteiger partial charge < -0.3 is 9.84 Å². The van der Waals surface area contributed by atoms with Crippen LogP contribution in [0.1, 0.15) is 114 Å². The first-order valence-electron chi connectivity index (χ1n) is 16.7. The van der Waals surface area contributed by atoms with Gasteiger partial charge in [0.15, 0.2) is 6.10 Å². The highest BCUT2D eigenvalue weighted by molar-refractivity contribution is 5.82. The molecule has 3 rings (SSSR count). The lowest BCUT2D eigenvalue weighted by molar-refractivity contribution is -0.214. The predicted molar refractivity (Wildman–Crippen MR) is 176 cm³/mol. The zero-order chi connectivity index (χ0) is 32.5. The second-order valence-corrected chi connectivity index (χ2v) is 12.1. The van der Waals surface area contributed by atoms with E-state index in [0.29, 0.717) is 25.7 Å². The van der Waals surface area contributed by atoms with E-state index in [4.69, 9.17) is 9.72 Å². The van der Waals surface area contributed by atoms with Crippen LogP contribution in [0.2, 0.25) is 0 Å². The van der Waals surface area contributed by atoms with Crippen molar-refractivity contribution in [3.05, 3.63) is 78.0 Å². The molecule has 45 heavy (non-hydrogen) atoms. The first-order chi connectivity index (χ1) is 21.7. The molecule has 2 atom stereocenters. The number of hydrogen-bond acceptors (Lipinski definition) is 3. The van der Waals surface area contributed by atoms with Crippen molar-refractivity contribution in [3.63, 3.8) is 0 Å². The lowest BCUT2D eigenvalue weighted by atomic mass is 9.86. The Morgan fingerprint density at radius 1 is 0.844 bits per heavy atom. The summed E-state index contributed by atoms with van der Waals surface area (Å²) in [5.41, 5.74) is 6.23. The molecule has 1 heterocycles. The molecule has 2 aromatic carbocycles. The average molecular weight is 626 g/mol. The van der Waals surface area contributed by atoms with E-state index in [9.17, 15) is 23.1 Å². The standard InChI is InChI=1S/C38H50F3NO3/c1-3-4-5-6-7-8-9-11-16-30-22-25-36(42-28-30)35-27-33(23-24-34(35)32-17-12-10-13-18-32)31(19-14-21-37(43)44)20-15-26-45-29(2)38(39,40)41/h10,12-13,17-18,22-25,27-29,31H,3-9,11,14-16,19-21,26H2,1-2H3,(H,43,44). The molecular formula is C38H50F3NO3. The fraction of sp³-hybridized carbons (Fsp3) is 0.526. The summed E-state index contributed by atoms with van der Waals surface area (Å²) < 4.78 is 43.8. The molecule has 4 nitrogen and oxygen atoms in total. The molecule has 3 aromatic rings. The summed E-state index contributed by atoms with van der Waals surface area (Å²) >= 11 is 0. The Morgan fingerprint density at radius 3 is 2.18 bits per heavy atom. The number of carboxylic acid groups (broad SMARTS) is 1. The molecule has 0 spiro atoms. The molecule has 1 N–H and O–H groups in total. The second-order valence-electron chi connectivity index (χ2n) is 12.1. The largest absolute Gasteiger partial charge is 0.481 e. The summed E-state index contributed by atoms with van der Waals surface area (Å²) in [6.45, 7) is 3.26. The third-order valence-corrected chi connectivity index (χ3v) is 8.49. The Morgan fingerprint density at radius 2 is 1.53 bits per heavy atom. The van der Waals surface area contributed by atoms with Crippen LogP contribution in [-0.4, -0.2) is 34.9 Å². The van der Waals surface area contributed by atoms with Crippen molar-refractivity contribution >= 4 is 5.97 Å². The van der Waals surface area contributed by atoms with Gasteiger partial charge in [-0.25, -0.2) is 0 Å². The molecule has 0 aliphatic carbocycles. The number of aryl methyl sites for hydroxylation is 1. The van der Waals surface area contributed by atoms with Crippen LogP contribution >= 0.6 is 0 Å². The Hall–Kier alpha value is -3.19. The fourth-order valence-corrected chi connectivity index (χ4v) is 5.75. The van der Waals surface area contributed by atoms with E-state index in [1.807, 2.05) is 24.4 Å². The lowest BCUT2D eigenvalue weighted by Gasteiger charge is -2.21. The van der Waals surface area contributed by atoms with Gasteiger partial charge in [0.1, 0.15) is 0 Å². The van der Waals surface area contributed by atoms with Crippen molar-refractivity contribution in [2.24, 2.45) is 0 Å². The molecule has 0 aliphatic heterocycles. The summed E-state index contributed by atoms with van der Waals surface area (Å²) in [5, 5.41) is 9.21. The number of aliphatic carboxylic acids is 1. The molecule has 0 saturated carbocycles. The van der Waals surface area contributed by atoms with Gasteiger partial charge >= 0.3 is 12.1 Å². The van der Waals surface area contributed by atoms with E-state index in [0.717, 1.165) is 47.7 Å². The zero-order valence-corrected chi connectivity index (χ0v) is 27.0. The van der Waals surface area contributed by atoms with Crippen molar-refractivity contribution in [2.45, 2.75) is 122 Å². The number of pyridine rings is 1. The van der Waals surface area contributed by atoms with Crippen LogP contribution in [0.3, 0.4) is 0 Å². The highest BCUT2D eigenvalue weighted by Crippen LogP contribution is 2.36. The molecule has 0 radical (unpaired) electrons. The van der Waals surface area contributed by atoms with E-state index in [-0.39, 0.29) is 18.9 Å². The van der Waals surface area contributed by atoms with Crippen molar-refractivity contribution in [1.29, 1.82) is 0 Å². The maximum absolute atomic E-state index is 12.9. The van der Waals surface area contributed by atoms with Gasteiger partial charge in [0.25, 0.3) is 0 Å². The summed E-state index contributed by atoms with van der Waals surface area (Å²) in [6, 6.07) is 20.6. The van der Waals surface area contributed by atoms with Crippen molar-refractivity contribution in [2.75, 3.05) is 6.61 Å². The third kappa shape index (κ3) is 13.0. The molecule has 0 aliphatic rings. The van der Waals surface area contributed by atoms with Gasteiger partial charge in [-0.05, 0) is 85.8 Å². The summed E-state index contributed by atoms with van der Waals surface area (Å²) in [6.07, 6.45) is 9.24. The maximum Gasteiger partial charge on any atom is 0.414 e. The number of alkyl halides is 3. The SMILES string of the molecule is CCCCCCCCCCc1ccc(-c2cc(C(CCCOC(C)C(F)(F)F)CCCC(=O)O)ccc2-c2ccccc2)nc1. The fourth-order valence-electron chi connectivity index (χ4n) is 5.75. The van der Waals surface area contributed by atoms with Gasteiger partial charge in [0, 0.05) is 24.8 Å². The quantitative estimate of drug-likeness (QED) is 0.120. The Labute approximate surface area is 267 Å². The van der Waals surface area contributed by atoms with Crippen LogP contribution in [-0.2, 0) is 16.0 Å². The highest BCUT2D eigenvalue weighted by Gasteiger charge is 2.36. The summed E-state index contributed by atoms with van der Waals surface area (Å²) in [7, 11) is 0.